The molecule has 0 unspecified atom stereocenters. The number of rotatable bonds is 3. The predicted molar refractivity (Wildman–Crippen MR) is 114 cm³/mol. The molecule has 1 aliphatic rings. The van der Waals surface area contributed by atoms with Crippen LogP contribution < -0.4 is 0 Å². The molecule has 0 saturated carbocycles. The number of hydrogen-bond acceptors (Lipinski definition) is 4. The third-order valence-electron chi connectivity index (χ3n) is 5.34. The van der Waals surface area contributed by atoms with Crippen LogP contribution in [0.15, 0.2) is 48.8 Å². The summed E-state index contributed by atoms with van der Waals surface area (Å²) in [6.45, 7) is 6.09. The normalized spacial score (nSPS) is 14.5. The van der Waals surface area contributed by atoms with Gasteiger partial charge in [-0.1, -0.05) is 12.1 Å². The smallest absolute Gasteiger partial charge is 0.254 e. The number of hydrogen-bond donors (Lipinski definition) is 1. The van der Waals surface area contributed by atoms with Gasteiger partial charge in [0, 0.05) is 60.5 Å². The fourth-order valence-electron chi connectivity index (χ4n) is 3.89. The summed E-state index contributed by atoms with van der Waals surface area (Å²) in [7, 11) is 0. The van der Waals surface area contributed by atoms with E-state index in [0.29, 0.717) is 37.3 Å². The maximum absolute atomic E-state index is 13.1. The van der Waals surface area contributed by atoms with Gasteiger partial charge in [0.15, 0.2) is 0 Å². The molecule has 4 rings (SSSR count). The molecular formula is C23H25N5O2. The number of amides is 2. The zero-order valence-electron chi connectivity index (χ0n) is 17.3. The Morgan fingerprint density at radius 1 is 0.867 bits per heavy atom. The maximum atomic E-state index is 13.1. The number of aryl methyl sites for hydroxylation is 2. The molecule has 1 N–H and O–H groups in total. The molecule has 7 nitrogen and oxygen atoms in total. The van der Waals surface area contributed by atoms with Gasteiger partial charge >= 0.3 is 0 Å². The quantitative estimate of drug-likeness (QED) is 0.729. The third kappa shape index (κ3) is 4.25. The second-order valence-electron chi connectivity index (χ2n) is 7.64. The van der Waals surface area contributed by atoms with E-state index in [1.54, 1.807) is 6.20 Å². The van der Waals surface area contributed by atoms with Gasteiger partial charge in [0.25, 0.3) is 11.8 Å². The maximum Gasteiger partial charge on any atom is 0.254 e. The Kier molecular flexibility index (Phi) is 5.61. The largest absolute Gasteiger partial charge is 0.337 e. The summed E-state index contributed by atoms with van der Waals surface area (Å²) in [5, 5.41) is 6.77. The van der Waals surface area contributed by atoms with Crippen LogP contribution in [0.3, 0.4) is 0 Å². The van der Waals surface area contributed by atoms with Crippen molar-refractivity contribution in [2.24, 2.45) is 0 Å². The second-order valence-corrected chi connectivity index (χ2v) is 7.64. The zero-order chi connectivity index (χ0) is 21.1. The number of benzene rings is 1. The number of carbonyl (C=O) groups is 2. The Morgan fingerprint density at radius 2 is 1.53 bits per heavy atom. The van der Waals surface area contributed by atoms with Crippen molar-refractivity contribution < 1.29 is 9.59 Å². The van der Waals surface area contributed by atoms with Crippen LogP contribution in [0, 0.1) is 13.8 Å². The van der Waals surface area contributed by atoms with Crippen molar-refractivity contribution in [3.05, 3.63) is 71.3 Å². The van der Waals surface area contributed by atoms with Crippen molar-refractivity contribution in [2.45, 2.75) is 20.3 Å². The number of H-pyrrole nitrogens is 1. The van der Waals surface area contributed by atoms with Crippen LogP contribution in [-0.4, -0.2) is 63.0 Å². The lowest BCUT2D eigenvalue weighted by Crippen LogP contribution is -2.37. The highest BCUT2D eigenvalue weighted by atomic mass is 16.2. The van der Waals surface area contributed by atoms with E-state index in [-0.39, 0.29) is 11.8 Å². The van der Waals surface area contributed by atoms with E-state index in [4.69, 9.17) is 0 Å². The minimum Gasteiger partial charge on any atom is -0.337 e. The van der Waals surface area contributed by atoms with Crippen LogP contribution in [0.2, 0.25) is 0 Å². The summed E-state index contributed by atoms with van der Waals surface area (Å²) in [4.78, 5) is 34.1. The van der Waals surface area contributed by atoms with E-state index in [2.05, 4.69) is 15.2 Å². The first kappa shape index (κ1) is 19.8. The highest BCUT2D eigenvalue weighted by Crippen LogP contribution is 2.20. The Hall–Kier alpha value is -3.48. The van der Waals surface area contributed by atoms with Gasteiger partial charge < -0.3 is 9.80 Å². The van der Waals surface area contributed by atoms with Gasteiger partial charge in [-0.05, 0) is 50.1 Å². The molecule has 30 heavy (non-hydrogen) atoms. The number of carbonyl (C=O) groups excluding carboxylic acids is 2. The molecule has 0 spiro atoms. The average Bonchev–Trinajstić information content (AvgIpc) is 3.17. The number of aromatic nitrogens is 3. The van der Waals surface area contributed by atoms with E-state index in [1.807, 2.05) is 66.2 Å². The summed E-state index contributed by atoms with van der Waals surface area (Å²) in [5.74, 6) is -0.00917. The molecule has 1 aromatic carbocycles. The molecule has 154 valence electrons. The monoisotopic (exact) mass is 403 g/mol. The Labute approximate surface area is 175 Å². The van der Waals surface area contributed by atoms with Gasteiger partial charge in [0.05, 0.1) is 6.20 Å². The Bertz CT molecular complexity index is 1040. The van der Waals surface area contributed by atoms with E-state index in [9.17, 15) is 9.59 Å². The van der Waals surface area contributed by atoms with Gasteiger partial charge in [0.1, 0.15) is 0 Å². The van der Waals surface area contributed by atoms with Gasteiger partial charge in [-0.15, -0.1) is 0 Å². The molecule has 1 saturated heterocycles. The van der Waals surface area contributed by atoms with E-state index >= 15 is 0 Å². The summed E-state index contributed by atoms with van der Waals surface area (Å²) in [6, 6.07) is 11.2. The molecule has 3 heterocycles. The first-order valence-electron chi connectivity index (χ1n) is 10.1. The number of pyridine rings is 1. The minimum atomic E-state index is -0.00903. The summed E-state index contributed by atoms with van der Waals surface area (Å²) >= 11 is 0. The molecule has 2 aromatic heterocycles. The first-order chi connectivity index (χ1) is 14.5. The SMILES string of the molecule is Cc1cc(C(=O)N2CCCN(C(=O)c3cccc(-c4cn[nH]c4)c3)CC2)cc(C)n1. The zero-order valence-corrected chi connectivity index (χ0v) is 17.3. The highest BCUT2D eigenvalue weighted by molar-refractivity contribution is 5.96. The molecule has 1 aliphatic heterocycles. The molecule has 0 bridgehead atoms. The van der Waals surface area contributed by atoms with Crippen LogP contribution in [0.1, 0.15) is 38.5 Å². The predicted octanol–water partition coefficient (Wildman–Crippen LogP) is 3.08. The van der Waals surface area contributed by atoms with Crippen molar-refractivity contribution in [3.8, 4) is 11.1 Å². The molecule has 2 amide bonds. The second kappa shape index (κ2) is 8.49. The number of aromatic amines is 1. The molecule has 7 heteroatoms. The molecule has 0 aliphatic carbocycles. The van der Waals surface area contributed by atoms with Crippen molar-refractivity contribution in [1.82, 2.24) is 25.0 Å². The van der Waals surface area contributed by atoms with Crippen LogP contribution in [0.25, 0.3) is 11.1 Å². The summed E-state index contributed by atoms with van der Waals surface area (Å²) < 4.78 is 0. The fraction of sp³-hybridized carbons (Fsp3) is 0.304. The van der Waals surface area contributed by atoms with Crippen LogP contribution in [0.4, 0.5) is 0 Å². The van der Waals surface area contributed by atoms with Crippen molar-refractivity contribution in [2.75, 3.05) is 26.2 Å². The topological polar surface area (TPSA) is 82.2 Å². The minimum absolute atomic E-state index is 0.000135. The van der Waals surface area contributed by atoms with Crippen LogP contribution in [0.5, 0.6) is 0 Å². The van der Waals surface area contributed by atoms with Gasteiger partial charge in [0.2, 0.25) is 0 Å². The van der Waals surface area contributed by atoms with Gasteiger partial charge in [-0.3, -0.25) is 19.7 Å². The van der Waals surface area contributed by atoms with Crippen molar-refractivity contribution in [3.63, 3.8) is 0 Å². The molecule has 1 fully saturated rings. The highest BCUT2D eigenvalue weighted by Gasteiger charge is 2.24. The van der Waals surface area contributed by atoms with E-state index in [0.717, 1.165) is 28.9 Å². The Morgan fingerprint density at radius 3 is 2.17 bits per heavy atom. The number of nitrogens with zero attached hydrogens (tertiary/aromatic N) is 4. The van der Waals surface area contributed by atoms with Crippen molar-refractivity contribution >= 4 is 11.8 Å². The summed E-state index contributed by atoms with van der Waals surface area (Å²) in [5.41, 5.74) is 4.87. The lowest BCUT2D eigenvalue weighted by molar-refractivity contribution is 0.0718. The molecule has 0 radical (unpaired) electrons. The third-order valence-corrected chi connectivity index (χ3v) is 5.34. The first-order valence-corrected chi connectivity index (χ1v) is 10.1. The fourth-order valence-corrected chi connectivity index (χ4v) is 3.89. The van der Waals surface area contributed by atoms with Crippen LogP contribution >= 0.6 is 0 Å². The lowest BCUT2D eigenvalue weighted by atomic mass is 10.1. The van der Waals surface area contributed by atoms with Gasteiger partial charge in [-0.25, -0.2) is 0 Å². The molecule has 0 atom stereocenters. The number of nitrogens with one attached hydrogen (secondary N) is 1. The van der Waals surface area contributed by atoms with Gasteiger partial charge in [-0.2, -0.15) is 5.10 Å². The summed E-state index contributed by atoms with van der Waals surface area (Å²) in [6.07, 6.45) is 4.30. The van der Waals surface area contributed by atoms with E-state index < -0.39 is 0 Å². The van der Waals surface area contributed by atoms with E-state index in [1.165, 1.54) is 0 Å². The lowest BCUT2D eigenvalue weighted by Gasteiger charge is -2.22. The molecular weight excluding hydrogens is 378 g/mol. The van der Waals surface area contributed by atoms with Crippen LogP contribution in [-0.2, 0) is 0 Å². The molecule has 3 aromatic rings. The standard InChI is InChI=1S/C23H25N5O2/c1-16-11-20(12-17(2)26-16)23(30)28-8-4-7-27(9-10-28)22(29)19-6-3-5-18(13-19)21-14-24-25-15-21/h3,5-6,11-15H,4,7-10H2,1-2H3,(H,24,25). The van der Waals surface area contributed by atoms with Crippen molar-refractivity contribution in [1.29, 1.82) is 0 Å². The average molecular weight is 403 g/mol. The Balaban J connectivity index is 1.46.